The highest BCUT2D eigenvalue weighted by Crippen LogP contribution is 2.18. The van der Waals surface area contributed by atoms with Crippen molar-refractivity contribution < 1.29 is 9.90 Å². The topological polar surface area (TPSA) is 40.5 Å². The molecule has 0 aliphatic carbocycles. The molecule has 3 nitrogen and oxygen atoms in total. The highest BCUT2D eigenvalue weighted by Gasteiger charge is 2.17. The Morgan fingerprint density at radius 3 is 2.23 bits per heavy atom. The molecule has 0 fully saturated rings. The van der Waals surface area contributed by atoms with Crippen molar-refractivity contribution in [2.75, 3.05) is 13.6 Å². The molecule has 0 aliphatic rings. The number of amides is 1. The molecule has 13 heavy (non-hydrogen) atoms. The predicted octanol–water partition coefficient (Wildman–Crippen LogP) is 1.26. The van der Waals surface area contributed by atoms with Gasteiger partial charge in [0, 0.05) is 13.6 Å². The van der Waals surface area contributed by atoms with Crippen molar-refractivity contribution in [3.8, 4) is 0 Å². The lowest BCUT2D eigenvalue weighted by Crippen LogP contribution is -2.36. The van der Waals surface area contributed by atoms with Crippen molar-refractivity contribution in [2.24, 2.45) is 5.41 Å². The Morgan fingerprint density at radius 2 is 1.92 bits per heavy atom. The number of aliphatic hydroxyl groups excluding tert-OH is 1. The number of aliphatic hydroxyl groups is 1. The first-order chi connectivity index (χ1) is 5.74. The van der Waals surface area contributed by atoms with Gasteiger partial charge in [0.15, 0.2) is 0 Å². The minimum Gasteiger partial charge on any atom is -0.384 e. The van der Waals surface area contributed by atoms with Crippen LogP contribution in [0.15, 0.2) is 0 Å². The fraction of sp³-hybridized carbons (Fsp3) is 0.900. The maximum Gasteiger partial charge on any atom is 0.250 e. The maximum absolute atomic E-state index is 11.2. The van der Waals surface area contributed by atoms with Gasteiger partial charge < -0.3 is 10.0 Å². The zero-order valence-electron chi connectivity index (χ0n) is 9.29. The van der Waals surface area contributed by atoms with Gasteiger partial charge in [-0.15, -0.1) is 0 Å². The van der Waals surface area contributed by atoms with Crippen LogP contribution in [0.3, 0.4) is 0 Å². The van der Waals surface area contributed by atoms with Gasteiger partial charge in [0.25, 0.3) is 5.91 Å². The van der Waals surface area contributed by atoms with E-state index in [1.807, 2.05) is 0 Å². The molecule has 3 heteroatoms. The second kappa shape index (κ2) is 4.61. The number of nitrogens with zero attached hydrogens (tertiary/aromatic N) is 1. The van der Waals surface area contributed by atoms with E-state index in [4.69, 9.17) is 5.11 Å². The van der Waals surface area contributed by atoms with Gasteiger partial charge in [-0.05, 0) is 18.8 Å². The minimum atomic E-state index is -0.884. The molecule has 0 radical (unpaired) electrons. The van der Waals surface area contributed by atoms with E-state index < -0.39 is 6.10 Å². The molecule has 1 atom stereocenters. The number of carbonyl (C=O) groups excluding carboxylic acids is 1. The number of carbonyl (C=O) groups is 1. The molecule has 0 heterocycles. The normalized spacial score (nSPS) is 14.0. The predicted molar refractivity (Wildman–Crippen MR) is 53.4 cm³/mol. The molecule has 0 rings (SSSR count). The van der Waals surface area contributed by atoms with Crippen LogP contribution in [-0.2, 0) is 4.79 Å². The molecule has 0 saturated carbocycles. The zero-order valence-corrected chi connectivity index (χ0v) is 9.29. The van der Waals surface area contributed by atoms with Crippen LogP contribution in [0.1, 0.15) is 34.1 Å². The Bertz CT molecular complexity index is 170. The van der Waals surface area contributed by atoms with Crippen LogP contribution in [0.5, 0.6) is 0 Å². The average molecular weight is 187 g/mol. The van der Waals surface area contributed by atoms with E-state index in [-0.39, 0.29) is 11.3 Å². The summed E-state index contributed by atoms with van der Waals surface area (Å²) in [7, 11) is 1.72. The Kier molecular flexibility index (Phi) is 4.40. The van der Waals surface area contributed by atoms with Crippen molar-refractivity contribution in [3.05, 3.63) is 0 Å². The van der Waals surface area contributed by atoms with Crippen LogP contribution < -0.4 is 0 Å². The first-order valence-corrected chi connectivity index (χ1v) is 4.67. The van der Waals surface area contributed by atoms with E-state index in [0.717, 1.165) is 6.42 Å². The molecule has 0 spiro atoms. The summed E-state index contributed by atoms with van der Waals surface area (Å²) >= 11 is 0. The lowest BCUT2D eigenvalue weighted by Gasteiger charge is -2.24. The third-order valence-electron chi connectivity index (χ3n) is 1.93. The molecule has 0 aromatic carbocycles. The molecule has 78 valence electrons. The van der Waals surface area contributed by atoms with Gasteiger partial charge in [-0.25, -0.2) is 0 Å². The molecule has 0 aromatic heterocycles. The highest BCUT2D eigenvalue weighted by molar-refractivity contribution is 5.79. The van der Waals surface area contributed by atoms with Gasteiger partial charge in [0.2, 0.25) is 0 Å². The van der Waals surface area contributed by atoms with Crippen molar-refractivity contribution >= 4 is 5.91 Å². The van der Waals surface area contributed by atoms with Crippen molar-refractivity contribution in [1.29, 1.82) is 0 Å². The summed E-state index contributed by atoms with van der Waals surface area (Å²) in [6.07, 6.45) is 0.0621. The quantitative estimate of drug-likeness (QED) is 0.722. The Hall–Kier alpha value is -0.570. The lowest BCUT2D eigenvalue weighted by molar-refractivity contribution is -0.138. The van der Waals surface area contributed by atoms with E-state index >= 15 is 0 Å². The summed E-state index contributed by atoms with van der Waals surface area (Å²) in [6, 6.07) is 0. The van der Waals surface area contributed by atoms with Crippen LogP contribution >= 0.6 is 0 Å². The van der Waals surface area contributed by atoms with E-state index in [9.17, 15) is 4.79 Å². The summed E-state index contributed by atoms with van der Waals surface area (Å²) in [5, 5.41) is 9.03. The van der Waals surface area contributed by atoms with E-state index in [0.29, 0.717) is 6.54 Å². The van der Waals surface area contributed by atoms with Gasteiger partial charge in [-0.1, -0.05) is 20.8 Å². The Morgan fingerprint density at radius 1 is 1.46 bits per heavy atom. The summed E-state index contributed by atoms with van der Waals surface area (Å²) in [5.41, 5.74) is 0.229. The van der Waals surface area contributed by atoms with E-state index in [1.54, 1.807) is 11.9 Å². The largest absolute Gasteiger partial charge is 0.384 e. The molecule has 0 aromatic rings. The van der Waals surface area contributed by atoms with Gasteiger partial charge >= 0.3 is 0 Å². The smallest absolute Gasteiger partial charge is 0.250 e. The van der Waals surface area contributed by atoms with Crippen LogP contribution in [0.2, 0.25) is 0 Å². The van der Waals surface area contributed by atoms with Crippen LogP contribution in [0.25, 0.3) is 0 Å². The number of hydrogen-bond donors (Lipinski definition) is 1. The Balaban J connectivity index is 3.88. The van der Waals surface area contributed by atoms with Crippen molar-refractivity contribution in [2.45, 2.75) is 40.2 Å². The summed E-state index contributed by atoms with van der Waals surface area (Å²) in [4.78, 5) is 12.8. The molecular formula is C10H21NO2. The van der Waals surface area contributed by atoms with Gasteiger partial charge in [0.05, 0.1) is 0 Å². The van der Waals surface area contributed by atoms with Crippen molar-refractivity contribution in [1.82, 2.24) is 4.90 Å². The lowest BCUT2D eigenvalue weighted by atomic mass is 9.92. The average Bonchev–Trinajstić information content (AvgIpc) is 1.97. The second-order valence-corrected chi connectivity index (χ2v) is 4.75. The Labute approximate surface area is 80.7 Å². The first-order valence-electron chi connectivity index (χ1n) is 4.67. The van der Waals surface area contributed by atoms with E-state index in [1.165, 1.54) is 6.92 Å². The molecule has 0 saturated heterocycles. The fourth-order valence-corrected chi connectivity index (χ4v) is 0.932. The fourth-order valence-electron chi connectivity index (χ4n) is 0.932. The first kappa shape index (κ1) is 12.4. The molecule has 1 amide bonds. The maximum atomic E-state index is 11.2. The molecule has 1 unspecified atom stereocenters. The minimum absolute atomic E-state index is 0.204. The zero-order chi connectivity index (χ0) is 10.6. The summed E-state index contributed by atoms with van der Waals surface area (Å²) < 4.78 is 0. The van der Waals surface area contributed by atoms with Crippen LogP contribution in [-0.4, -0.2) is 35.6 Å². The molecule has 0 aliphatic heterocycles. The molecular weight excluding hydrogens is 166 g/mol. The van der Waals surface area contributed by atoms with E-state index in [2.05, 4.69) is 20.8 Å². The van der Waals surface area contributed by atoms with Crippen LogP contribution in [0.4, 0.5) is 0 Å². The second-order valence-electron chi connectivity index (χ2n) is 4.75. The van der Waals surface area contributed by atoms with Gasteiger partial charge in [-0.3, -0.25) is 4.79 Å². The summed E-state index contributed by atoms with van der Waals surface area (Å²) in [6.45, 7) is 8.60. The monoisotopic (exact) mass is 187 g/mol. The third-order valence-corrected chi connectivity index (χ3v) is 1.93. The third kappa shape index (κ3) is 5.64. The van der Waals surface area contributed by atoms with Crippen LogP contribution in [0, 0.1) is 5.41 Å². The summed E-state index contributed by atoms with van der Waals surface area (Å²) in [5.74, 6) is -0.204. The highest BCUT2D eigenvalue weighted by atomic mass is 16.3. The van der Waals surface area contributed by atoms with Gasteiger partial charge in [-0.2, -0.15) is 0 Å². The molecule has 0 bridgehead atoms. The standard InChI is InChI=1S/C10H21NO2/c1-8(12)9(13)11(5)7-6-10(2,3)4/h8,12H,6-7H2,1-5H3. The number of rotatable bonds is 3. The number of hydrogen-bond acceptors (Lipinski definition) is 2. The van der Waals surface area contributed by atoms with Crippen molar-refractivity contribution in [3.63, 3.8) is 0 Å². The number of likely N-dealkylation sites (N-methyl/N-ethyl adjacent to an activating group) is 1. The van der Waals surface area contributed by atoms with Gasteiger partial charge in [0.1, 0.15) is 6.10 Å². The molecule has 1 N–H and O–H groups in total. The SMILES string of the molecule is CC(O)C(=O)N(C)CCC(C)(C)C.